The fraction of sp³-hybridized carbons (Fsp3) is 0.533. The first-order valence-corrected chi connectivity index (χ1v) is 7.39. The molecule has 1 aromatic carbocycles. The van der Waals surface area contributed by atoms with Crippen molar-refractivity contribution in [2.45, 2.75) is 19.8 Å². The van der Waals surface area contributed by atoms with E-state index < -0.39 is 11.7 Å². The lowest BCUT2D eigenvalue weighted by Gasteiger charge is -2.20. The summed E-state index contributed by atoms with van der Waals surface area (Å²) in [5.74, 6) is -0.600. The largest absolute Gasteiger partial charge is 0.352 e. The Hall–Kier alpha value is -1.13. The van der Waals surface area contributed by atoms with Gasteiger partial charge in [-0.05, 0) is 50.0 Å². The number of hydrogen-bond acceptors (Lipinski definition) is 2. The topological polar surface area (TPSA) is 32.3 Å². The number of rotatable bonds is 5. The lowest BCUT2D eigenvalue weighted by Crippen LogP contribution is -2.34. The molecule has 1 aliphatic rings. The van der Waals surface area contributed by atoms with E-state index in [1.807, 2.05) is 0 Å². The highest BCUT2D eigenvalue weighted by molar-refractivity contribution is 6.30. The second kappa shape index (κ2) is 7.04. The van der Waals surface area contributed by atoms with Gasteiger partial charge in [0.25, 0.3) is 5.91 Å². The molecule has 1 aliphatic heterocycles. The van der Waals surface area contributed by atoms with Crippen LogP contribution in [0.3, 0.4) is 0 Å². The summed E-state index contributed by atoms with van der Waals surface area (Å²) >= 11 is 5.78. The van der Waals surface area contributed by atoms with Gasteiger partial charge in [-0.1, -0.05) is 18.5 Å². The molecule has 1 heterocycles. The van der Waals surface area contributed by atoms with Gasteiger partial charge in [-0.3, -0.25) is 4.79 Å². The molecule has 1 saturated heterocycles. The smallest absolute Gasteiger partial charge is 0.254 e. The average molecular weight is 299 g/mol. The van der Waals surface area contributed by atoms with Crippen LogP contribution >= 0.6 is 11.6 Å². The van der Waals surface area contributed by atoms with Crippen LogP contribution < -0.4 is 5.32 Å². The van der Waals surface area contributed by atoms with Crippen molar-refractivity contribution < 1.29 is 9.18 Å². The Morgan fingerprint density at radius 2 is 2.15 bits per heavy atom. The van der Waals surface area contributed by atoms with Gasteiger partial charge < -0.3 is 10.2 Å². The summed E-state index contributed by atoms with van der Waals surface area (Å²) < 4.78 is 13.5. The Labute approximate surface area is 124 Å². The second-order valence-corrected chi connectivity index (χ2v) is 5.88. The van der Waals surface area contributed by atoms with E-state index in [0.29, 0.717) is 17.5 Å². The van der Waals surface area contributed by atoms with E-state index >= 15 is 0 Å². The summed E-state index contributed by atoms with van der Waals surface area (Å²) in [5, 5.41) is 3.14. The molecule has 1 N–H and O–H groups in total. The fourth-order valence-electron chi connectivity index (χ4n) is 2.50. The van der Waals surface area contributed by atoms with Gasteiger partial charge in [0.05, 0.1) is 5.56 Å². The van der Waals surface area contributed by atoms with Crippen molar-refractivity contribution in [2.24, 2.45) is 5.92 Å². The van der Waals surface area contributed by atoms with Crippen LogP contribution in [0.25, 0.3) is 0 Å². The zero-order valence-electron chi connectivity index (χ0n) is 11.7. The zero-order valence-corrected chi connectivity index (χ0v) is 12.4. The Balaban J connectivity index is 1.83. The second-order valence-electron chi connectivity index (χ2n) is 5.45. The van der Waals surface area contributed by atoms with Gasteiger partial charge in [0.1, 0.15) is 5.82 Å². The number of carbonyl (C=O) groups excluding carboxylic acids is 1. The maximum absolute atomic E-state index is 13.5. The maximum Gasteiger partial charge on any atom is 0.254 e. The third kappa shape index (κ3) is 4.18. The van der Waals surface area contributed by atoms with Crippen molar-refractivity contribution in [3.63, 3.8) is 0 Å². The highest BCUT2D eigenvalue weighted by atomic mass is 35.5. The van der Waals surface area contributed by atoms with Crippen molar-refractivity contribution >= 4 is 17.5 Å². The Morgan fingerprint density at radius 3 is 2.85 bits per heavy atom. The molecule has 1 unspecified atom stereocenters. The first-order chi connectivity index (χ1) is 9.56. The number of amides is 1. The van der Waals surface area contributed by atoms with Crippen molar-refractivity contribution in [3.05, 3.63) is 34.6 Å². The first-order valence-electron chi connectivity index (χ1n) is 7.02. The molecule has 0 saturated carbocycles. The molecule has 0 radical (unpaired) electrons. The van der Waals surface area contributed by atoms with E-state index in [9.17, 15) is 9.18 Å². The fourth-order valence-corrected chi connectivity index (χ4v) is 2.68. The summed E-state index contributed by atoms with van der Waals surface area (Å²) in [6.07, 6.45) is 2.51. The highest BCUT2D eigenvalue weighted by Gasteiger charge is 2.16. The van der Waals surface area contributed by atoms with Gasteiger partial charge in [0.2, 0.25) is 0 Å². The minimum absolute atomic E-state index is 0.00544. The predicted molar refractivity (Wildman–Crippen MR) is 78.6 cm³/mol. The van der Waals surface area contributed by atoms with Crippen LogP contribution in [0.2, 0.25) is 5.02 Å². The van der Waals surface area contributed by atoms with E-state index in [0.717, 1.165) is 19.6 Å². The van der Waals surface area contributed by atoms with Gasteiger partial charge in [-0.15, -0.1) is 0 Å². The van der Waals surface area contributed by atoms with Crippen LogP contribution in [0, 0.1) is 11.7 Å². The van der Waals surface area contributed by atoms with Crippen LogP contribution in [-0.2, 0) is 0 Å². The molecule has 1 aromatic rings. The molecule has 0 bridgehead atoms. The molecule has 110 valence electrons. The Morgan fingerprint density at radius 1 is 1.45 bits per heavy atom. The molecular formula is C15H20ClFN2O. The number of nitrogens with zero attached hydrogens (tertiary/aromatic N) is 1. The normalized spacial score (nSPS) is 17.1. The number of halogens is 2. The van der Waals surface area contributed by atoms with E-state index in [1.54, 1.807) is 0 Å². The van der Waals surface area contributed by atoms with Crippen LogP contribution in [0.5, 0.6) is 0 Å². The maximum atomic E-state index is 13.5. The summed E-state index contributed by atoms with van der Waals surface area (Å²) in [6.45, 7) is 5.88. The van der Waals surface area contributed by atoms with Gasteiger partial charge in [-0.25, -0.2) is 4.39 Å². The molecular weight excluding hydrogens is 279 g/mol. The highest BCUT2D eigenvalue weighted by Crippen LogP contribution is 2.15. The Kier molecular flexibility index (Phi) is 5.38. The van der Waals surface area contributed by atoms with Gasteiger partial charge >= 0.3 is 0 Å². The van der Waals surface area contributed by atoms with Crippen LogP contribution in [0.1, 0.15) is 30.1 Å². The van der Waals surface area contributed by atoms with Crippen LogP contribution in [-0.4, -0.2) is 37.0 Å². The van der Waals surface area contributed by atoms with E-state index in [4.69, 9.17) is 11.6 Å². The molecule has 0 aromatic heterocycles. The minimum atomic E-state index is -0.543. The van der Waals surface area contributed by atoms with Crippen LogP contribution in [0.15, 0.2) is 18.2 Å². The summed E-state index contributed by atoms with van der Waals surface area (Å²) in [5.41, 5.74) is 0.00544. The van der Waals surface area contributed by atoms with E-state index in [-0.39, 0.29) is 5.56 Å². The van der Waals surface area contributed by atoms with Gasteiger partial charge in [0, 0.05) is 18.1 Å². The first kappa shape index (κ1) is 15.3. The predicted octanol–water partition coefficient (Wildman–Crippen LogP) is 2.94. The molecule has 0 spiro atoms. The number of nitrogens with one attached hydrogen (secondary N) is 1. The molecule has 1 fully saturated rings. The van der Waals surface area contributed by atoms with Crippen molar-refractivity contribution in [3.8, 4) is 0 Å². The van der Waals surface area contributed by atoms with Crippen molar-refractivity contribution in [2.75, 3.05) is 26.2 Å². The lowest BCUT2D eigenvalue weighted by atomic mass is 10.1. The van der Waals surface area contributed by atoms with Gasteiger partial charge in [0.15, 0.2) is 0 Å². The molecule has 1 atom stereocenters. The van der Waals surface area contributed by atoms with E-state index in [1.165, 1.54) is 31.0 Å². The average Bonchev–Trinajstić information content (AvgIpc) is 2.91. The molecule has 0 aliphatic carbocycles. The number of hydrogen-bond donors (Lipinski definition) is 1. The van der Waals surface area contributed by atoms with Crippen molar-refractivity contribution in [1.29, 1.82) is 0 Å². The van der Waals surface area contributed by atoms with Gasteiger partial charge in [-0.2, -0.15) is 0 Å². The summed E-state index contributed by atoms with van der Waals surface area (Å²) in [6, 6.07) is 4.01. The van der Waals surface area contributed by atoms with Crippen LogP contribution in [0.4, 0.5) is 4.39 Å². The van der Waals surface area contributed by atoms with E-state index in [2.05, 4.69) is 17.1 Å². The monoisotopic (exact) mass is 298 g/mol. The number of carbonyl (C=O) groups is 1. The molecule has 20 heavy (non-hydrogen) atoms. The Bertz CT molecular complexity index is 475. The third-order valence-corrected chi connectivity index (χ3v) is 3.79. The zero-order chi connectivity index (χ0) is 14.5. The third-order valence-electron chi connectivity index (χ3n) is 3.55. The lowest BCUT2D eigenvalue weighted by molar-refractivity contribution is 0.0941. The number of benzene rings is 1. The molecule has 1 amide bonds. The summed E-state index contributed by atoms with van der Waals surface area (Å²) in [7, 11) is 0. The standard InChI is InChI=1S/C15H20ClFN2O/c1-11(10-19-6-2-3-7-19)9-18-15(20)13-8-12(16)4-5-14(13)17/h4-5,8,11H,2-3,6-7,9-10H2,1H3,(H,18,20). The molecule has 5 heteroatoms. The molecule has 3 nitrogen and oxygen atoms in total. The number of likely N-dealkylation sites (tertiary alicyclic amines) is 1. The summed E-state index contributed by atoms with van der Waals surface area (Å²) in [4.78, 5) is 14.3. The quantitative estimate of drug-likeness (QED) is 0.906. The molecule has 2 rings (SSSR count). The van der Waals surface area contributed by atoms with Crippen molar-refractivity contribution in [1.82, 2.24) is 10.2 Å². The SMILES string of the molecule is CC(CNC(=O)c1cc(Cl)ccc1F)CN1CCCC1. The minimum Gasteiger partial charge on any atom is -0.352 e.